The summed E-state index contributed by atoms with van der Waals surface area (Å²) in [7, 11) is -4.45. The minimum atomic E-state index is -2.95. The van der Waals surface area contributed by atoms with E-state index in [1.165, 1.54) is 6.26 Å². The summed E-state index contributed by atoms with van der Waals surface area (Å²) in [6, 6.07) is 4.82. The molecule has 1 rings (SSSR count). The van der Waals surface area contributed by atoms with Crippen molar-refractivity contribution in [3.8, 4) is 5.75 Å². The molecule has 0 aromatic heterocycles. The smallest absolute Gasteiger partial charge is 0.488 e. The molecule has 1 aromatic rings. The predicted molar refractivity (Wildman–Crippen MR) is 70.8 cm³/mol. The highest BCUT2D eigenvalue weighted by atomic mass is 32.2. The second kappa shape index (κ2) is 6.22. The van der Waals surface area contributed by atoms with Crippen molar-refractivity contribution in [1.29, 1.82) is 0 Å². The van der Waals surface area contributed by atoms with Crippen LogP contribution in [-0.2, 0) is 9.84 Å². The van der Waals surface area contributed by atoms with Crippen molar-refractivity contribution in [1.82, 2.24) is 0 Å². The van der Waals surface area contributed by atoms with E-state index in [0.717, 1.165) is 5.56 Å². The van der Waals surface area contributed by atoms with Gasteiger partial charge < -0.3 is 14.8 Å². The van der Waals surface area contributed by atoms with E-state index in [0.29, 0.717) is 24.2 Å². The summed E-state index contributed by atoms with van der Waals surface area (Å²) in [5, 5.41) is 18.0. The Labute approximate surface area is 107 Å². The molecule has 100 valence electrons. The minimum Gasteiger partial charge on any atom is -0.493 e. The van der Waals surface area contributed by atoms with Crippen LogP contribution >= 0.6 is 0 Å². The van der Waals surface area contributed by atoms with Gasteiger partial charge in [0.25, 0.3) is 0 Å². The number of hydrogen-bond donors (Lipinski definition) is 2. The van der Waals surface area contributed by atoms with Crippen LogP contribution in [0.25, 0.3) is 0 Å². The average molecular weight is 272 g/mol. The van der Waals surface area contributed by atoms with Gasteiger partial charge in [0.15, 0.2) is 0 Å². The predicted octanol–water partition coefficient (Wildman–Crippen LogP) is -0.512. The third kappa shape index (κ3) is 5.08. The van der Waals surface area contributed by atoms with Gasteiger partial charge in [0.1, 0.15) is 15.6 Å². The fourth-order valence-electron chi connectivity index (χ4n) is 1.50. The van der Waals surface area contributed by atoms with E-state index < -0.39 is 17.0 Å². The fraction of sp³-hybridized carbons (Fsp3) is 0.455. The standard InChI is InChI=1S/C11H17BO5S/c1-9-8-10(12(13)14)4-5-11(9)17-6-3-7-18(2,15)16/h4-5,8,13-14H,3,6-7H2,1-2H3. The van der Waals surface area contributed by atoms with Crippen LogP contribution in [0.2, 0.25) is 0 Å². The third-order valence-electron chi connectivity index (χ3n) is 2.41. The molecule has 5 nitrogen and oxygen atoms in total. The molecule has 0 radical (unpaired) electrons. The normalized spacial score (nSPS) is 11.3. The van der Waals surface area contributed by atoms with Crippen molar-refractivity contribution in [2.24, 2.45) is 0 Å². The maximum absolute atomic E-state index is 10.9. The zero-order valence-corrected chi connectivity index (χ0v) is 11.3. The lowest BCUT2D eigenvalue weighted by Crippen LogP contribution is -2.29. The summed E-state index contributed by atoms with van der Waals surface area (Å²) in [6.45, 7) is 2.10. The highest BCUT2D eigenvalue weighted by molar-refractivity contribution is 7.90. The Kier molecular flexibility index (Phi) is 5.19. The molecule has 0 saturated heterocycles. The summed E-state index contributed by atoms with van der Waals surface area (Å²) in [4.78, 5) is 0. The van der Waals surface area contributed by atoms with E-state index in [1.807, 2.05) is 0 Å². The highest BCUT2D eigenvalue weighted by Crippen LogP contribution is 2.15. The number of sulfone groups is 1. The molecule has 0 atom stereocenters. The molecule has 1 aromatic carbocycles. The summed E-state index contributed by atoms with van der Waals surface area (Å²) in [5.41, 5.74) is 1.18. The van der Waals surface area contributed by atoms with Crippen LogP contribution < -0.4 is 10.2 Å². The summed E-state index contributed by atoms with van der Waals surface area (Å²) >= 11 is 0. The van der Waals surface area contributed by atoms with E-state index >= 15 is 0 Å². The van der Waals surface area contributed by atoms with E-state index in [4.69, 9.17) is 14.8 Å². The molecule has 0 saturated carbocycles. The molecule has 18 heavy (non-hydrogen) atoms. The number of ether oxygens (including phenoxy) is 1. The van der Waals surface area contributed by atoms with Gasteiger partial charge in [-0.1, -0.05) is 12.1 Å². The Morgan fingerprint density at radius 2 is 2.00 bits per heavy atom. The molecule has 0 aliphatic heterocycles. The largest absolute Gasteiger partial charge is 0.493 e. The van der Waals surface area contributed by atoms with Gasteiger partial charge in [0, 0.05) is 6.26 Å². The topological polar surface area (TPSA) is 83.8 Å². The van der Waals surface area contributed by atoms with Gasteiger partial charge in [-0.2, -0.15) is 0 Å². The second-order valence-electron chi connectivity index (χ2n) is 4.23. The first-order chi connectivity index (χ1) is 8.29. The molecule has 0 unspecified atom stereocenters. The van der Waals surface area contributed by atoms with Gasteiger partial charge in [-0.25, -0.2) is 8.42 Å². The van der Waals surface area contributed by atoms with Crippen LogP contribution in [0.5, 0.6) is 5.75 Å². The molecule has 0 aliphatic carbocycles. The van der Waals surface area contributed by atoms with Crippen LogP contribution in [0.15, 0.2) is 18.2 Å². The van der Waals surface area contributed by atoms with Crippen LogP contribution in [0.1, 0.15) is 12.0 Å². The van der Waals surface area contributed by atoms with E-state index in [-0.39, 0.29) is 5.75 Å². The van der Waals surface area contributed by atoms with Gasteiger partial charge in [0.2, 0.25) is 0 Å². The average Bonchev–Trinajstić information content (AvgIpc) is 2.24. The highest BCUT2D eigenvalue weighted by Gasteiger charge is 2.12. The first kappa shape index (κ1) is 15.0. The van der Waals surface area contributed by atoms with Gasteiger partial charge in [-0.3, -0.25) is 0 Å². The van der Waals surface area contributed by atoms with Crippen molar-refractivity contribution in [3.63, 3.8) is 0 Å². The quantitative estimate of drug-likeness (QED) is 0.538. The maximum Gasteiger partial charge on any atom is 0.488 e. The van der Waals surface area contributed by atoms with Crippen LogP contribution in [0, 0.1) is 6.92 Å². The van der Waals surface area contributed by atoms with Crippen LogP contribution in [0.3, 0.4) is 0 Å². The molecular weight excluding hydrogens is 255 g/mol. The van der Waals surface area contributed by atoms with Gasteiger partial charge in [-0.15, -0.1) is 0 Å². The fourth-order valence-corrected chi connectivity index (χ4v) is 2.14. The lowest BCUT2D eigenvalue weighted by atomic mass is 9.79. The Bertz CT molecular complexity index is 498. The number of rotatable bonds is 6. The number of benzene rings is 1. The van der Waals surface area contributed by atoms with Gasteiger partial charge in [0.05, 0.1) is 12.4 Å². The molecule has 0 aliphatic rings. The van der Waals surface area contributed by atoms with Crippen molar-refractivity contribution >= 4 is 22.4 Å². The van der Waals surface area contributed by atoms with Crippen molar-refractivity contribution in [2.45, 2.75) is 13.3 Å². The van der Waals surface area contributed by atoms with E-state index in [9.17, 15) is 8.42 Å². The van der Waals surface area contributed by atoms with E-state index in [1.54, 1.807) is 25.1 Å². The first-order valence-corrected chi connectivity index (χ1v) is 7.63. The Balaban J connectivity index is 2.53. The second-order valence-corrected chi connectivity index (χ2v) is 6.49. The van der Waals surface area contributed by atoms with Crippen molar-refractivity contribution < 1.29 is 23.2 Å². The molecule has 0 amide bonds. The van der Waals surface area contributed by atoms with Crippen molar-refractivity contribution in [3.05, 3.63) is 23.8 Å². The third-order valence-corrected chi connectivity index (χ3v) is 3.44. The van der Waals surface area contributed by atoms with E-state index in [2.05, 4.69) is 0 Å². The zero-order valence-electron chi connectivity index (χ0n) is 10.5. The Morgan fingerprint density at radius 3 is 2.50 bits per heavy atom. The lowest BCUT2D eigenvalue weighted by molar-refractivity contribution is 0.315. The molecule has 0 heterocycles. The Hall–Kier alpha value is -1.05. The maximum atomic E-state index is 10.9. The molecular formula is C11H17BO5S. The van der Waals surface area contributed by atoms with Crippen LogP contribution in [0.4, 0.5) is 0 Å². The SMILES string of the molecule is Cc1cc(B(O)O)ccc1OCCCS(C)(=O)=O. The first-order valence-electron chi connectivity index (χ1n) is 5.57. The summed E-state index contributed by atoms with van der Waals surface area (Å²) in [6.07, 6.45) is 1.62. The monoisotopic (exact) mass is 272 g/mol. The van der Waals surface area contributed by atoms with Crippen LogP contribution in [-0.4, -0.2) is 44.2 Å². The molecule has 0 bridgehead atoms. The number of hydrogen-bond acceptors (Lipinski definition) is 5. The molecule has 2 N–H and O–H groups in total. The molecule has 0 spiro atoms. The minimum absolute atomic E-state index is 0.0967. The zero-order chi connectivity index (χ0) is 13.8. The molecule has 7 heteroatoms. The van der Waals surface area contributed by atoms with Crippen molar-refractivity contribution in [2.75, 3.05) is 18.6 Å². The number of aryl methyl sites for hydroxylation is 1. The van der Waals surface area contributed by atoms with Gasteiger partial charge >= 0.3 is 7.12 Å². The lowest BCUT2D eigenvalue weighted by Gasteiger charge is -2.10. The Morgan fingerprint density at radius 1 is 1.33 bits per heavy atom. The summed E-state index contributed by atoms with van der Waals surface area (Å²) < 4.78 is 27.3. The van der Waals surface area contributed by atoms with Gasteiger partial charge in [-0.05, 0) is 30.4 Å². The molecule has 0 fully saturated rings. The summed E-state index contributed by atoms with van der Waals surface area (Å²) in [5.74, 6) is 0.715.